The predicted molar refractivity (Wildman–Crippen MR) is 110 cm³/mol. The van der Waals surface area contributed by atoms with Crippen LogP contribution in [0.3, 0.4) is 0 Å². The number of aryl methyl sites for hydroxylation is 1. The number of hydrogen-bond acceptors (Lipinski definition) is 3. The zero-order valence-electron chi connectivity index (χ0n) is 16.3. The lowest BCUT2D eigenvalue weighted by molar-refractivity contribution is -0.119. The minimum absolute atomic E-state index is 0.0353. The van der Waals surface area contributed by atoms with E-state index < -0.39 is 0 Å². The standard InChI is InChI=1S/C22H25N3O3/c1-13(2)20(26)24-18-9-4-14(3)19(12-18)25-22(28)16-7-10-17(11-8-16)23-21(27)15-5-6-15/h4,7-13,15H,5-6H2,1-3H3,(H,23,27)(H,24,26)(H,25,28). The number of hydrogen-bond donors (Lipinski definition) is 3. The minimum atomic E-state index is -0.254. The molecule has 1 aliphatic rings. The van der Waals surface area contributed by atoms with Crippen molar-refractivity contribution in [1.29, 1.82) is 0 Å². The van der Waals surface area contributed by atoms with E-state index in [9.17, 15) is 14.4 Å². The van der Waals surface area contributed by atoms with E-state index in [0.29, 0.717) is 22.6 Å². The molecule has 0 atom stereocenters. The molecule has 0 aromatic heterocycles. The summed E-state index contributed by atoms with van der Waals surface area (Å²) in [5.74, 6) is -0.291. The van der Waals surface area contributed by atoms with Crippen molar-refractivity contribution in [2.45, 2.75) is 33.6 Å². The maximum absolute atomic E-state index is 12.6. The van der Waals surface area contributed by atoms with E-state index in [1.165, 1.54) is 0 Å². The lowest BCUT2D eigenvalue weighted by Crippen LogP contribution is -2.18. The normalized spacial score (nSPS) is 13.1. The average molecular weight is 379 g/mol. The maximum atomic E-state index is 12.6. The molecule has 3 N–H and O–H groups in total. The second-order valence-corrected chi connectivity index (χ2v) is 7.47. The molecule has 0 heterocycles. The van der Waals surface area contributed by atoms with Crippen LogP contribution in [-0.4, -0.2) is 17.7 Å². The fraction of sp³-hybridized carbons (Fsp3) is 0.318. The molecule has 0 unspecified atom stereocenters. The van der Waals surface area contributed by atoms with Crippen molar-refractivity contribution in [1.82, 2.24) is 0 Å². The van der Waals surface area contributed by atoms with Crippen LogP contribution >= 0.6 is 0 Å². The van der Waals surface area contributed by atoms with Gasteiger partial charge in [-0.2, -0.15) is 0 Å². The Labute approximate surface area is 164 Å². The highest BCUT2D eigenvalue weighted by molar-refractivity contribution is 6.05. The first kappa shape index (κ1) is 19.6. The van der Waals surface area contributed by atoms with E-state index in [0.717, 1.165) is 18.4 Å². The first-order chi connectivity index (χ1) is 13.3. The summed E-state index contributed by atoms with van der Waals surface area (Å²) in [7, 11) is 0. The third-order valence-corrected chi connectivity index (χ3v) is 4.64. The van der Waals surface area contributed by atoms with Gasteiger partial charge in [0.2, 0.25) is 11.8 Å². The molecule has 6 heteroatoms. The Kier molecular flexibility index (Phi) is 5.78. The molecule has 2 aromatic rings. The fourth-order valence-electron chi connectivity index (χ4n) is 2.61. The van der Waals surface area contributed by atoms with Crippen LogP contribution in [0, 0.1) is 18.8 Å². The van der Waals surface area contributed by atoms with E-state index in [-0.39, 0.29) is 29.6 Å². The van der Waals surface area contributed by atoms with Crippen LogP contribution in [0.1, 0.15) is 42.6 Å². The quantitative estimate of drug-likeness (QED) is 0.703. The highest BCUT2D eigenvalue weighted by atomic mass is 16.2. The van der Waals surface area contributed by atoms with Gasteiger partial charge in [0.15, 0.2) is 0 Å². The van der Waals surface area contributed by atoms with Gasteiger partial charge in [0.25, 0.3) is 5.91 Å². The molecule has 1 fully saturated rings. The number of nitrogens with one attached hydrogen (secondary N) is 3. The van der Waals surface area contributed by atoms with E-state index in [1.54, 1.807) is 30.3 Å². The number of rotatable bonds is 6. The van der Waals surface area contributed by atoms with Gasteiger partial charge in [0.1, 0.15) is 0 Å². The van der Waals surface area contributed by atoms with Crippen molar-refractivity contribution in [2.75, 3.05) is 16.0 Å². The Morgan fingerprint density at radius 3 is 2.14 bits per heavy atom. The molecular formula is C22H25N3O3. The van der Waals surface area contributed by atoms with Crippen molar-refractivity contribution in [3.63, 3.8) is 0 Å². The summed E-state index contributed by atoms with van der Waals surface area (Å²) in [5.41, 5.74) is 3.34. The number of carbonyl (C=O) groups is 3. The van der Waals surface area contributed by atoms with Crippen molar-refractivity contribution >= 4 is 34.8 Å². The van der Waals surface area contributed by atoms with Crippen LogP contribution in [0.15, 0.2) is 42.5 Å². The van der Waals surface area contributed by atoms with Gasteiger partial charge in [-0.1, -0.05) is 19.9 Å². The summed E-state index contributed by atoms with van der Waals surface area (Å²) >= 11 is 0. The fourth-order valence-corrected chi connectivity index (χ4v) is 2.61. The first-order valence-corrected chi connectivity index (χ1v) is 9.47. The van der Waals surface area contributed by atoms with Crippen LogP contribution in [0.5, 0.6) is 0 Å². The highest BCUT2D eigenvalue weighted by Crippen LogP contribution is 2.30. The van der Waals surface area contributed by atoms with E-state index >= 15 is 0 Å². The molecule has 2 aromatic carbocycles. The third-order valence-electron chi connectivity index (χ3n) is 4.64. The Morgan fingerprint density at radius 2 is 1.54 bits per heavy atom. The van der Waals surface area contributed by atoms with Crippen molar-refractivity contribution < 1.29 is 14.4 Å². The van der Waals surface area contributed by atoms with Gasteiger partial charge in [-0.05, 0) is 61.7 Å². The zero-order valence-corrected chi connectivity index (χ0v) is 16.3. The summed E-state index contributed by atoms with van der Waals surface area (Å²) in [6.45, 7) is 5.53. The second-order valence-electron chi connectivity index (χ2n) is 7.47. The van der Waals surface area contributed by atoms with Crippen molar-refractivity contribution in [3.8, 4) is 0 Å². The van der Waals surface area contributed by atoms with Gasteiger partial charge in [-0.25, -0.2) is 0 Å². The highest BCUT2D eigenvalue weighted by Gasteiger charge is 2.29. The van der Waals surface area contributed by atoms with Gasteiger partial charge < -0.3 is 16.0 Å². The third kappa shape index (κ3) is 4.97. The molecule has 0 spiro atoms. The molecular weight excluding hydrogens is 354 g/mol. The zero-order chi connectivity index (χ0) is 20.3. The topological polar surface area (TPSA) is 87.3 Å². The Hall–Kier alpha value is -3.15. The molecule has 0 saturated heterocycles. The van der Waals surface area contributed by atoms with Crippen LogP contribution in [0.4, 0.5) is 17.1 Å². The number of anilines is 3. The largest absolute Gasteiger partial charge is 0.326 e. The van der Waals surface area contributed by atoms with E-state index in [2.05, 4.69) is 16.0 Å². The summed E-state index contributed by atoms with van der Waals surface area (Å²) < 4.78 is 0. The molecule has 28 heavy (non-hydrogen) atoms. The first-order valence-electron chi connectivity index (χ1n) is 9.47. The molecule has 0 bridgehead atoms. The molecule has 0 radical (unpaired) electrons. The lowest BCUT2D eigenvalue weighted by Gasteiger charge is -2.13. The summed E-state index contributed by atoms with van der Waals surface area (Å²) in [6, 6.07) is 12.2. The van der Waals surface area contributed by atoms with Gasteiger partial charge in [0, 0.05) is 34.5 Å². The number of carbonyl (C=O) groups excluding carboxylic acids is 3. The van der Waals surface area contributed by atoms with Crippen molar-refractivity contribution in [3.05, 3.63) is 53.6 Å². The number of amides is 3. The predicted octanol–water partition coefficient (Wildman–Crippen LogP) is 4.19. The van der Waals surface area contributed by atoms with Crippen LogP contribution < -0.4 is 16.0 Å². The molecule has 0 aliphatic heterocycles. The van der Waals surface area contributed by atoms with Crippen LogP contribution in [-0.2, 0) is 9.59 Å². The maximum Gasteiger partial charge on any atom is 0.255 e. The van der Waals surface area contributed by atoms with E-state index in [4.69, 9.17) is 0 Å². The van der Waals surface area contributed by atoms with Crippen LogP contribution in [0.25, 0.3) is 0 Å². The SMILES string of the molecule is Cc1ccc(NC(=O)C(C)C)cc1NC(=O)c1ccc(NC(=O)C2CC2)cc1. The van der Waals surface area contributed by atoms with Crippen molar-refractivity contribution in [2.24, 2.45) is 11.8 Å². The Morgan fingerprint density at radius 1 is 0.893 bits per heavy atom. The average Bonchev–Trinajstić information content (AvgIpc) is 3.50. The van der Waals surface area contributed by atoms with Gasteiger partial charge in [-0.3, -0.25) is 14.4 Å². The Balaban J connectivity index is 1.66. The van der Waals surface area contributed by atoms with Crippen LogP contribution in [0.2, 0.25) is 0 Å². The molecule has 1 aliphatic carbocycles. The summed E-state index contributed by atoms with van der Waals surface area (Å²) in [5, 5.41) is 8.56. The molecule has 3 amide bonds. The lowest BCUT2D eigenvalue weighted by atomic mass is 10.1. The summed E-state index contributed by atoms with van der Waals surface area (Å²) in [6.07, 6.45) is 1.89. The molecule has 3 rings (SSSR count). The second kappa shape index (κ2) is 8.25. The Bertz CT molecular complexity index is 900. The minimum Gasteiger partial charge on any atom is -0.326 e. The van der Waals surface area contributed by atoms with Gasteiger partial charge in [0.05, 0.1) is 0 Å². The van der Waals surface area contributed by atoms with Gasteiger partial charge >= 0.3 is 0 Å². The molecule has 146 valence electrons. The van der Waals surface area contributed by atoms with Gasteiger partial charge in [-0.15, -0.1) is 0 Å². The summed E-state index contributed by atoms with van der Waals surface area (Å²) in [4.78, 5) is 36.3. The molecule has 1 saturated carbocycles. The van der Waals surface area contributed by atoms with E-state index in [1.807, 2.05) is 32.9 Å². The smallest absolute Gasteiger partial charge is 0.255 e. The monoisotopic (exact) mass is 379 g/mol. The number of benzene rings is 2. The molecule has 6 nitrogen and oxygen atoms in total.